The van der Waals surface area contributed by atoms with Gasteiger partial charge in [0.2, 0.25) is 0 Å². The number of nitrogens with one attached hydrogen (secondary N) is 1. The van der Waals surface area contributed by atoms with Gasteiger partial charge in [-0.3, -0.25) is 0 Å². The molecule has 0 spiro atoms. The third kappa shape index (κ3) is 3.86. The summed E-state index contributed by atoms with van der Waals surface area (Å²) in [6, 6.07) is 14.7. The first-order valence-electron chi connectivity index (χ1n) is 7.66. The highest BCUT2D eigenvalue weighted by Crippen LogP contribution is 2.43. The number of hydrogen-bond acceptors (Lipinski definition) is 4. The van der Waals surface area contributed by atoms with Crippen LogP contribution in [0.1, 0.15) is 10.8 Å². The molecule has 1 aliphatic heterocycles. The average molecular weight is 333 g/mol. The van der Waals surface area contributed by atoms with E-state index in [1.54, 1.807) is 24.9 Å². The monoisotopic (exact) mass is 333 g/mol. The van der Waals surface area contributed by atoms with Crippen molar-refractivity contribution < 1.29 is 13.9 Å². The molecule has 0 amide bonds. The highest BCUT2D eigenvalue weighted by molar-refractivity contribution is 7.99. The number of para-hydroxylation sites is 1. The molecule has 1 saturated heterocycles. The molecule has 0 aliphatic carbocycles. The molecule has 1 unspecified atom stereocenters. The van der Waals surface area contributed by atoms with Gasteiger partial charge in [-0.2, -0.15) is 0 Å². The predicted octanol–water partition coefficient (Wildman–Crippen LogP) is 3.66. The van der Waals surface area contributed by atoms with Crippen molar-refractivity contribution in [1.29, 1.82) is 0 Å². The number of methoxy groups -OCH3 is 1. The van der Waals surface area contributed by atoms with Crippen LogP contribution in [-0.2, 0) is 4.74 Å². The molecular weight excluding hydrogens is 313 g/mol. The van der Waals surface area contributed by atoms with E-state index in [2.05, 4.69) is 5.32 Å². The molecule has 1 fully saturated rings. The molecule has 2 atom stereocenters. The molecular formula is C18H20FNO2S. The van der Waals surface area contributed by atoms with Gasteiger partial charge in [0.15, 0.2) is 0 Å². The van der Waals surface area contributed by atoms with Gasteiger partial charge in [-0.1, -0.05) is 30.3 Å². The molecule has 1 heterocycles. The summed E-state index contributed by atoms with van der Waals surface area (Å²) >= 11 is 1.58. The third-order valence-electron chi connectivity index (χ3n) is 3.83. The zero-order valence-electron chi connectivity index (χ0n) is 13.0. The van der Waals surface area contributed by atoms with Crippen molar-refractivity contribution >= 4 is 11.8 Å². The first-order valence-corrected chi connectivity index (χ1v) is 8.54. The Morgan fingerprint density at radius 2 is 2.00 bits per heavy atom. The zero-order valence-corrected chi connectivity index (χ0v) is 13.8. The highest BCUT2D eigenvalue weighted by atomic mass is 32.2. The molecule has 122 valence electrons. The van der Waals surface area contributed by atoms with Gasteiger partial charge in [0, 0.05) is 18.7 Å². The van der Waals surface area contributed by atoms with E-state index >= 15 is 0 Å². The molecule has 3 rings (SSSR count). The van der Waals surface area contributed by atoms with Crippen molar-refractivity contribution in [3.05, 3.63) is 59.9 Å². The number of benzene rings is 2. The maximum atomic E-state index is 14.4. The van der Waals surface area contributed by atoms with Gasteiger partial charge in [-0.25, -0.2) is 4.39 Å². The van der Waals surface area contributed by atoms with Gasteiger partial charge in [0.05, 0.1) is 30.0 Å². The SMILES string of the molecule is COc1ccccc1S[C@@H](c1ccccc1F)C1CNCCO1. The Balaban J connectivity index is 1.93. The van der Waals surface area contributed by atoms with Gasteiger partial charge in [0.1, 0.15) is 11.6 Å². The molecule has 23 heavy (non-hydrogen) atoms. The zero-order chi connectivity index (χ0) is 16.1. The summed E-state index contributed by atoms with van der Waals surface area (Å²) in [4.78, 5) is 0.984. The first-order chi connectivity index (χ1) is 11.3. The highest BCUT2D eigenvalue weighted by Gasteiger charge is 2.29. The van der Waals surface area contributed by atoms with Gasteiger partial charge in [-0.05, 0) is 18.2 Å². The molecule has 1 N–H and O–H groups in total. The van der Waals surface area contributed by atoms with Crippen molar-refractivity contribution in [2.75, 3.05) is 26.8 Å². The summed E-state index contributed by atoms with van der Waals surface area (Å²) in [5.74, 6) is 0.594. The van der Waals surface area contributed by atoms with Crippen LogP contribution < -0.4 is 10.1 Å². The predicted molar refractivity (Wildman–Crippen MR) is 90.6 cm³/mol. The van der Waals surface area contributed by atoms with E-state index in [1.165, 1.54) is 6.07 Å². The molecule has 0 aromatic heterocycles. The fraction of sp³-hybridized carbons (Fsp3) is 0.333. The molecule has 0 saturated carbocycles. The standard InChI is InChI=1S/C18H20FNO2S/c1-21-15-8-4-5-9-17(15)23-18(16-12-20-10-11-22-16)13-6-2-3-7-14(13)19/h2-9,16,18,20H,10-12H2,1H3/t16?,18-/m0/s1. The number of hydrogen-bond donors (Lipinski definition) is 1. The summed E-state index contributed by atoms with van der Waals surface area (Å²) in [6.07, 6.45) is -0.0874. The first kappa shape index (κ1) is 16.3. The quantitative estimate of drug-likeness (QED) is 0.846. The third-order valence-corrected chi connectivity index (χ3v) is 5.23. The van der Waals surface area contributed by atoms with Crippen LogP contribution in [0.4, 0.5) is 4.39 Å². The summed E-state index contributed by atoms with van der Waals surface area (Å²) in [7, 11) is 1.65. The van der Waals surface area contributed by atoms with Crippen LogP contribution in [0, 0.1) is 5.82 Å². The molecule has 5 heteroatoms. The van der Waals surface area contributed by atoms with E-state index in [9.17, 15) is 4.39 Å². The molecule has 0 bridgehead atoms. The average Bonchev–Trinajstić information content (AvgIpc) is 2.61. The number of ether oxygens (including phenoxy) is 2. The number of rotatable bonds is 5. The minimum absolute atomic E-state index is 0.0874. The van der Waals surface area contributed by atoms with E-state index < -0.39 is 0 Å². The van der Waals surface area contributed by atoms with Crippen LogP contribution in [0.15, 0.2) is 53.4 Å². The minimum Gasteiger partial charge on any atom is -0.496 e. The summed E-state index contributed by atoms with van der Waals surface area (Å²) in [5, 5.41) is 3.19. The van der Waals surface area contributed by atoms with Gasteiger partial charge >= 0.3 is 0 Å². The van der Waals surface area contributed by atoms with Crippen LogP contribution in [0.5, 0.6) is 5.75 Å². The van der Waals surface area contributed by atoms with Crippen molar-refractivity contribution in [2.24, 2.45) is 0 Å². The Hall–Kier alpha value is -1.56. The fourth-order valence-electron chi connectivity index (χ4n) is 2.68. The van der Waals surface area contributed by atoms with E-state index in [-0.39, 0.29) is 17.2 Å². The Morgan fingerprint density at radius 3 is 2.74 bits per heavy atom. The fourth-order valence-corrected chi connectivity index (χ4v) is 4.02. The normalized spacial score (nSPS) is 19.3. The van der Waals surface area contributed by atoms with Gasteiger partial charge < -0.3 is 14.8 Å². The van der Waals surface area contributed by atoms with Crippen molar-refractivity contribution in [3.8, 4) is 5.75 Å². The maximum absolute atomic E-state index is 14.4. The minimum atomic E-state index is -0.200. The Labute approximate surface area is 140 Å². The van der Waals surface area contributed by atoms with Crippen molar-refractivity contribution in [3.63, 3.8) is 0 Å². The van der Waals surface area contributed by atoms with E-state index in [0.717, 1.165) is 17.2 Å². The molecule has 1 aliphatic rings. The number of thioether (sulfide) groups is 1. The Bertz CT molecular complexity index is 646. The lowest BCUT2D eigenvalue weighted by Crippen LogP contribution is -2.41. The van der Waals surface area contributed by atoms with E-state index in [4.69, 9.17) is 9.47 Å². The van der Waals surface area contributed by atoms with Crippen LogP contribution in [0.3, 0.4) is 0 Å². The van der Waals surface area contributed by atoms with E-state index in [1.807, 2.05) is 36.4 Å². The number of morpholine rings is 1. The molecule has 0 radical (unpaired) electrons. The van der Waals surface area contributed by atoms with Crippen molar-refractivity contribution in [1.82, 2.24) is 5.32 Å². The van der Waals surface area contributed by atoms with Crippen molar-refractivity contribution in [2.45, 2.75) is 16.2 Å². The Kier molecular flexibility index (Phi) is 5.54. The summed E-state index contributed by atoms with van der Waals surface area (Å²) in [6.45, 7) is 2.18. The largest absolute Gasteiger partial charge is 0.496 e. The summed E-state index contributed by atoms with van der Waals surface area (Å²) in [5.41, 5.74) is 0.664. The summed E-state index contributed by atoms with van der Waals surface area (Å²) < 4.78 is 25.7. The van der Waals surface area contributed by atoms with Crippen LogP contribution in [-0.4, -0.2) is 32.9 Å². The lowest BCUT2D eigenvalue weighted by Gasteiger charge is -2.31. The van der Waals surface area contributed by atoms with E-state index in [0.29, 0.717) is 18.7 Å². The molecule has 2 aromatic carbocycles. The smallest absolute Gasteiger partial charge is 0.132 e. The van der Waals surface area contributed by atoms with Gasteiger partial charge in [0.25, 0.3) is 0 Å². The second-order valence-corrected chi connectivity index (χ2v) is 6.51. The van der Waals surface area contributed by atoms with Gasteiger partial charge in [-0.15, -0.1) is 11.8 Å². The molecule has 3 nitrogen and oxygen atoms in total. The Morgan fingerprint density at radius 1 is 1.22 bits per heavy atom. The lowest BCUT2D eigenvalue weighted by atomic mass is 10.1. The second-order valence-electron chi connectivity index (χ2n) is 5.32. The topological polar surface area (TPSA) is 30.5 Å². The van der Waals surface area contributed by atoms with Crippen LogP contribution in [0.25, 0.3) is 0 Å². The van der Waals surface area contributed by atoms with Crippen LogP contribution >= 0.6 is 11.8 Å². The second kappa shape index (κ2) is 7.81. The number of halogens is 1. The van der Waals surface area contributed by atoms with Crippen LogP contribution in [0.2, 0.25) is 0 Å². The maximum Gasteiger partial charge on any atom is 0.132 e. The molecule has 2 aromatic rings. The lowest BCUT2D eigenvalue weighted by molar-refractivity contribution is 0.0268.